The van der Waals surface area contributed by atoms with Crippen molar-refractivity contribution >= 4 is 27.7 Å². The highest BCUT2D eigenvalue weighted by atomic mass is 79.9. The molecule has 0 saturated carbocycles. The molecular weight excluding hydrogens is 276 g/mol. The minimum Gasteiger partial charge on any atom is -0.496 e. The van der Waals surface area contributed by atoms with Crippen molar-refractivity contribution in [1.29, 1.82) is 0 Å². The molecule has 0 N–H and O–H groups in total. The first kappa shape index (κ1) is 12.7. The topological polar surface area (TPSA) is 52.6 Å². The predicted molar refractivity (Wildman–Crippen MR) is 61.7 cm³/mol. The molecule has 86 valence electrons. The van der Waals surface area contributed by atoms with Gasteiger partial charge in [0.1, 0.15) is 5.75 Å². The fourth-order valence-corrected chi connectivity index (χ4v) is 1.66. The number of esters is 1. The maximum atomic E-state index is 11.6. The van der Waals surface area contributed by atoms with Crippen LogP contribution in [0.4, 0.5) is 0 Å². The number of rotatable bonds is 4. The summed E-state index contributed by atoms with van der Waals surface area (Å²) in [4.78, 5) is 22.7. The van der Waals surface area contributed by atoms with Crippen LogP contribution in [-0.4, -0.2) is 25.5 Å². The van der Waals surface area contributed by atoms with E-state index in [-0.39, 0.29) is 12.2 Å². The maximum Gasteiger partial charge on any atom is 0.379 e. The van der Waals surface area contributed by atoms with Crippen LogP contribution in [0.25, 0.3) is 0 Å². The Bertz CT molecular complexity index is 414. The van der Waals surface area contributed by atoms with E-state index >= 15 is 0 Å². The highest BCUT2D eigenvalue weighted by molar-refractivity contribution is 9.10. The van der Waals surface area contributed by atoms with Gasteiger partial charge in [-0.15, -0.1) is 0 Å². The Morgan fingerprint density at radius 2 is 2.06 bits per heavy atom. The summed E-state index contributed by atoms with van der Waals surface area (Å²) in [6.07, 6.45) is 0. The number of Topliss-reactive ketones (excluding diaryl/α,β-unsaturated/α-hetero) is 1. The van der Waals surface area contributed by atoms with E-state index in [0.717, 1.165) is 0 Å². The zero-order valence-corrected chi connectivity index (χ0v) is 10.5. The normalized spacial score (nSPS) is 9.69. The van der Waals surface area contributed by atoms with Gasteiger partial charge in [0.05, 0.1) is 18.2 Å². The van der Waals surface area contributed by atoms with Crippen molar-refractivity contribution in [2.45, 2.75) is 6.92 Å². The van der Waals surface area contributed by atoms with E-state index in [1.807, 2.05) is 0 Å². The largest absolute Gasteiger partial charge is 0.496 e. The van der Waals surface area contributed by atoms with Crippen molar-refractivity contribution in [1.82, 2.24) is 0 Å². The Balaban J connectivity index is 2.93. The lowest BCUT2D eigenvalue weighted by Crippen LogP contribution is -2.17. The van der Waals surface area contributed by atoms with Crippen molar-refractivity contribution in [3.8, 4) is 5.75 Å². The Labute approximate surface area is 102 Å². The number of ether oxygens (including phenoxy) is 2. The van der Waals surface area contributed by atoms with Gasteiger partial charge in [-0.1, -0.05) is 0 Å². The summed E-state index contributed by atoms with van der Waals surface area (Å²) in [5, 5.41) is 0. The van der Waals surface area contributed by atoms with E-state index in [0.29, 0.717) is 10.2 Å². The van der Waals surface area contributed by atoms with Gasteiger partial charge in [0.15, 0.2) is 0 Å². The summed E-state index contributed by atoms with van der Waals surface area (Å²) >= 11 is 3.23. The standard InChI is InChI=1S/C11H11BrO4/c1-3-16-11(14)10(13)7-4-5-9(15-2)8(12)6-7/h4-6H,3H2,1-2H3. The molecule has 0 radical (unpaired) electrons. The first-order chi connectivity index (χ1) is 7.60. The Kier molecular flexibility index (Phi) is 4.49. The lowest BCUT2D eigenvalue weighted by Gasteiger charge is -2.05. The van der Waals surface area contributed by atoms with E-state index < -0.39 is 11.8 Å². The van der Waals surface area contributed by atoms with E-state index in [4.69, 9.17) is 4.74 Å². The third-order valence-corrected chi connectivity index (χ3v) is 2.49. The maximum absolute atomic E-state index is 11.6. The van der Waals surface area contributed by atoms with Crippen LogP contribution in [0.2, 0.25) is 0 Å². The Morgan fingerprint density at radius 1 is 1.38 bits per heavy atom. The summed E-state index contributed by atoms with van der Waals surface area (Å²) in [5.74, 6) is -0.912. The molecular formula is C11H11BrO4. The number of hydrogen-bond acceptors (Lipinski definition) is 4. The number of hydrogen-bond donors (Lipinski definition) is 0. The van der Waals surface area contributed by atoms with Gasteiger partial charge in [0.25, 0.3) is 5.78 Å². The van der Waals surface area contributed by atoms with Crippen LogP contribution >= 0.6 is 15.9 Å². The molecule has 16 heavy (non-hydrogen) atoms. The number of ketones is 1. The van der Waals surface area contributed by atoms with Crippen LogP contribution in [-0.2, 0) is 9.53 Å². The van der Waals surface area contributed by atoms with Gasteiger partial charge in [-0.05, 0) is 41.1 Å². The Morgan fingerprint density at radius 3 is 2.56 bits per heavy atom. The molecule has 0 heterocycles. The number of carbonyl (C=O) groups is 2. The minimum absolute atomic E-state index is 0.182. The molecule has 5 heteroatoms. The predicted octanol–water partition coefficient (Wildman–Crippen LogP) is 2.20. The van der Waals surface area contributed by atoms with Crippen LogP contribution in [0.15, 0.2) is 22.7 Å². The zero-order chi connectivity index (χ0) is 12.1. The summed E-state index contributed by atoms with van der Waals surface area (Å²) in [6.45, 7) is 1.83. The lowest BCUT2D eigenvalue weighted by atomic mass is 10.1. The molecule has 0 aliphatic rings. The molecule has 4 nitrogen and oxygen atoms in total. The second-order valence-electron chi connectivity index (χ2n) is 2.90. The molecule has 1 aromatic carbocycles. The number of halogens is 1. The quantitative estimate of drug-likeness (QED) is 0.484. The SMILES string of the molecule is CCOC(=O)C(=O)c1ccc(OC)c(Br)c1. The number of benzene rings is 1. The molecule has 0 bridgehead atoms. The molecule has 0 saturated heterocycles. The molecule has 1 rings (SSSR count). The smallest absolute Gasteiger partial charge is 0.379 e. The van der Waals surface area contributed by atoms with Gasteiger partial charge >= 0.3 is 5.97 Å². The molecule has 0 aliphatic carbocycles. The summed E-state index contributed by atoms with van der Waals surface area (Å²) < 4.78 is 10.2. The fraction of sp³-hybridized carbons (Fsp3) is 0.273. The summed E-state index contributed by atoms with van der Waals surface area (Å²) in [5.41, 5.74) is 0.270. The summed E-state index contributed by atoms with van der Waals surface area (Å²) in [7, 11) is 1.52. The molecule has 0 aromatic heterocycles. The van der Waals surface area contributed by atoms with E-state index in [1.54, 1.807) is 13.0 Å². The molecule has 0 atom stereocenters. The van der Waals surface area contributed by atoms with Gasteiger partial charge < -0.3 is 9.47 Å². The van der Waals surface area contributed by atoms with E-state index in [1.165, 1.54) is 19.2 Å². The van der Waals surface area contributed by atoms with Crippen LogP contribution in [0.5, 0.6) is 5.75 Å². The van der Waals surface area contributed by atoms with Crippen molar-refractivity contribution in [3.63, 3.8) is 0 Å². The van der Waals surface area contributed by atoms with Crippen LogP contribution in [0, 0.1) is 0 Å². The fourth-order valence-electron chi connectivity index (χ4n) is 1.12. The van der Waals surface area contributed by atoms with Crippen molar-refractivity contribution in [2.75, 3.05) is 13.7 Å². The molecule has 0 fully saturated rings. The van der Waals surface area contributed by atoms with Gasteiger partial charge in [-0.25, -0.2) is 4.79 Å². The Hall–Kier alpha value is -1.36. The average Bonchev–Trinajstić information content (AvgIpc) is 2.28. The summed E-state index contributed by atoms with van der Waals surface area (Å²) in [6, 6.07) is 4.65. The van der Waals surface area contributed by atoms with Crippen LogP contribution < -0.4 is 4.74 Å². The van der Waals surface area contributed by atoms with Crippen molar-refractivity contribution < 1.29 is 19.1 Å². The van der Waals surface area contributed by atoms with Gasteiger partial charge in [-0.3, -0.25) is 4.79 Å². The van der Waals surface area contributed by atoms with E-state index in [2.05, 4.69) is 20.7 Å². The lowest BCUT2D eigenvalue weighted by molar-refractivity contribution is -0.137. The molecule has 0 aliphatic heterocycles. The van der Waals surface area contributed by atoms with Gasteiger partial charge in [-0.2, -0.15) is 0 Å². The number of methoxy groups -OCH3 is 1. The first-order valence-electron chi connectivity index (χ1n) is 4.65. The zero-order valence-electron chi connectivity index (χ0n) is 8.95. The monoisotopic (exact) mass is 286 g/mol. The molecule has 0 unspecified atom stereocenters. The average molecular weight is 287 g/mol. The molecule has 0 spiro atoms. The second kappa shape index (κ2) is 5.65. The highest BCUT2D eigenvalue weighted by Gasteiger charge is 2.18. The van der Waals surface area contributed by atoms with Crippen molar-refractivity contribution in [3.05, 3.63) is 28.2 Å². The van der Waals surface area contributed by atoms with Gasteiger partial charge in [0, 0.05) is 5.56 Å². The van der Waals surface area contributed by atoms with Gasteiger partial charge in [0.2, 0.25) is 0 Å². The third kappa shape index (κ3) is 2.82. The van der Waals surface area contributed by atoms with E-state index in [9.17, 15) is 9.59 Å². The molecule has 1 aromatic rings. The van der Waals surface area contributed by atoms with Crippen LogP contribution in [0.3, 0.4) is 0 Å². The second-order valence-corrected chi connectivity index (χ2v) is 3.75. The minimum atomic E-state index is -0.848. The van der Waals surface area contributed by atoms with Crippen molar-refractivity contribution in [2.24, 2.45) is 0 Å². The first-order valence-corrected chi connectivity index (χ1v) is 5.44. The highest BCUT2D eigenvalue weighted by Crippen LogP contribution is 2.25. The van der Waals surface area contributed by atoms with Crippen LogP contribution in [0.1, 0.15) is 17.3 Å². The number of carbonyl (C=O) groups excluding carboxylic acids is 2. The third-order valence-electron chi connectivity index (χ3n) is 1.87. The molecule has 0 amide bonds.